The number of hydrogen-bond acceptors (Lipinski definition) is 4. The lowest BCUT2D eigenvalue weighted by Gasteiger charge is -2.11. The molecule has 3 aromatic rings. The fraction of sp³-hybridized carbons (Fsp3) is 0.143. The minimum Gasteiger partial charge on any atom is -0.495 e. The monoisotopic (exact) mass is 347 g/mol. The third-order valence-corrected chi connectivity index (χ3v) is 4.03. The molecule has 3 rings (SSSR count). The van der Waals surface area contributed by atoms with Gasteiger partial charge in [0.1, 0.15) is 11.4 Å². The van der Waals surface area contributed by atoms with Gasteiger partial charge in [0.25, 0.3) is 5.91 Å². The van der Waals surface area contributed by atoms with E-state index < -0.39 is 0 Å². The Hall–Kier alpha value is -3.34. The Balaban J connectivity index is 1.72. The highest BCUT2D eigenvalue weighted by atomic mass is 16.5. The minimum absolute atomic E-state index is 0.282. The quantitative estimate of drug-likeness (QED) is 0.681. The van der Waals surface area contributed by atoms with Gasteiger partial charge < -0.3 is 15.4 Å². The van der Waals surface area contributed by atoms with Crippen molar-refractivity contribution in [1.82, 2.24) is 4.98 Å². The number of ether oxygens (including phenoxy) is 1. The highest BCUT2D eigenvalue weighted by Crippen LogP contribution is 2.24. The second-order valence-electron chi connectivity index (χ2n) is 5.72. The molecule has 0 aliphatic heterocycles. The molecule has 1 heterocycles. The first-order valence-electron chi connectivity index (χ1n) is 8.46. The topological polar surface area (TPSA) is 63.2 Å². The van der Waals surface area contributed by atoms with Crippen molar-refractivity contribution >= 4 is 23.0 Å². The van der Waals surface area contributed by atoms with E-state index >= 15 is 0 Å². The van der Waals surface area contributed by atoms with E-state index in [0.29, 0.717) is 17.1 Å². The molecule has 0 aliphatic carbocycles. The lowest BCUT2D eigenvalue weighted by Crippen LogP contribution is -2.14. The van der Waals surface area contributed by atoms with Crippen molar-refractivity contribution in [3.63, 3.8) is 0 Å². The van der Waals surface area contributed by atoms with Crippen LogP contribution in [0.15, 0.2) is 66.9 Å². The lowest BCUT2D eigenvalue weighted by molar-refractivity contribution is 0.102. The standard InChI is InChI=1S/C21H21N3O2/c1-3-15-8-4-5-9-17(15)23-16-12-13-19(22-14-16)21(25)24-18-10-6-7-11-20(18)26-2/h4-14,23H,3H2,1-2H3,(H,24,25). The normalized spacial score (nSPS) is 10.2. The average Bonchev–Trinajstić information content (AvgIpc) is 2.69. The summed E-state index contributed by atoms with van der Waals surface area (Å²) < 4.78 is 5.24. The van der Waals surface area contributed by atoms with E-state index in [0.717, 1.165) is 17.8 Å². The van der Waals surface area contributed by atoms with Crippen LogP contribution >= 0.6 is 0 Å². The summed E-state index contributed by atoms with van der Waals surface area (Å²) in [6, 6.07) is 18.9. The molecule has 0 spiro atoms. The first-order chi connectivity index (χ1) is 12.7. The maximum Gasteiger partial charge on any atom is 0.274 e. The van der Waals surface area contributed by atoms with Crippen LogP contribution in [-0.4, -0.2) is 18.0 Å². The van der Waals surface area contributed by atoms with Crippen LogP contribution in [0, 0.1) is 0 Å². The van der Waals surface area contributed by atoms with Crippen molar-refractivity contribution in [1.29, 1.82) is 0 Å². The van der Waals surface area contributed by atoms with E-state index in [2.05, 4.69) is 28.6 Å². The number of nitrogens with zero attached hydrogens (tertiary/aromatic N) is 1. The molecular weight excluding hydrogens is 326 g/mol. The van der Waals surface area contributed by atoms with Gasteiger partial charge >= 0.3 is 0 Å². The summed E-state index contributed by atoms with van der Waals surface area (Å²) in [5.41, 5.74) is 4.05. The first kappa shape index (κ1) is 17.5. The predicted molar refractivity (Wildman–Crippen MR) is 104 cm³/mol. The third kappa shape index (κ3) is 4.00. The van der Waals surface area contributed by atoms with Crippen LogP contribution in [0.5, 0.6) is 5.75 Å². The summed E-state index contributed by atoms with van der Waals surface area (Å²) in [6.07, 6.45) is 2.60. The lowest BCUT2D eigenvalue weighted by atomic mass is 10.1. The highest BCUT2D eigenvalue weighted by molar-refractivity contribution is 6.03. The number of para-hydroxylation sites is 3. The van der Waals surface area contributed by atoms with Gasteiger partial charge in [0.2, 0.25) is 0 Å². The molecule has 26 heavy (non-hydrogen) atoms. The summed E-state index contributed by atoms with van der Waals surface area (Å²) in [5.74, 6) is 0.324. The number of pyridine rings is 1. The molecule has 5 heteroatoms. The smallest absolute Gasteiger partial charge is 0.274 e. The van der Waals surface area contributed by atoms with Gasteiger partial charge in [0.15, 0.2) is 0 Å². The van der Waals surface area contributed by atoms with Crippen molar-refractivity contribution < 1.29 is 9.53 Å². The Labute approximate surface area is 153 Å². The fourth-order valence-electron chi connectivity index (χ4n) is 2.64. The molecule has 0 saturated carbocycles. The van der Waals surface area contributed by atoms with Crippen LogP contribution in [0.1, 0.15) is 23.0 Å². The van der Waals surface area contributed by atoms with Crippen molar-refractivity contribution in [2.45, 2.75) is 13.3 Å². The van der Waals surface area contributed by atoms with Gasteiger partial charge in [-0.3, -0.25) is 4.79 Å². The van der Waals surface area contributed by atoms with Crippen LogP contribution in [0.4, 0.5) is 17.1 Å². The molecule has 0 saturated heterocycles. The second kappa shape index (κ2) is 8.16. The molecule has 1 aromatic heterocycles. The van der Waals surface area contributed by atoms with Crippen LogP contribution < -0.4 is 15.4 Å². The SMILES string of the molecule is CCc1ccccc1Nc1ccc(C(=O)Nc2ccccc2OC)nc1. The fourth-order valence-corrected chi connectivity index (χ4v) is 2.64. The van der Waals surface area contributed by atoms with Crippen molar-refractivity contribution in [3.8, 4) is 5.75 Å². The van der Waals surface area contributed by atoms with Crippen LogP contribution in [0.25, 0.3) is 0 Å². The molecule has 0 fully saturated rings. The van der Waals surface area contributed by atoms with Gasteiger partial charge in [-0.15, -0.1) is 0 Å². The van der Waals surface area contributed by atoms with E-state index in [-0.39, 0.29) is 5.91 Å². The van der Waals surface area contributed by atoms with Gasteiger partial charge in [-0.25, -0.2) is 4.98 Å². The Kier molecular flexibility index (Phi) is 5.49. The second-order valence-corrected chi connectivity index (χ2v) is 5.72. The number of aromatic nitrogens is 1. The van der Waals surface area contributed by atoms with E-state index in [1.54, 1.807) is 31.5 Å². The summed E-state index contributed by atoms with van der Waals surface area (Å²) in [7, 11) is 1.57. The number of carbonyl (C=O) groups is 1. The summed E-state index contributed by atoms with van der Waals surface area (Å²) >= 11 is 0. The molecule has 0 atom stereocenters. The van der Waals surface area contributed by atoms with Gasteiger partial charge in [-0.05, 0) is 42.3 Å². The summed E-state index contributed by atoms with van der Waals surface area (Å²) in [5, 5.41) is 6.16. The number of rotatable bonds is 6. The number of methoxy groups -OCH3 is 1. The molecule has 0 radical (unpaired) electrons. The molecule has 5 nitrogen and oxygen atoms in total. The predicted octanol–water partition coefficient (Wildman–Crippen LogP) is 4.65. The zero-order valence-corrected chi connectivity index (χ0v) is 14.8. The highest BCUT2D eigenvalue weighted by Gasteiger charge is 2.11. The summed E-state index contributed by atoms with van der Waals surface area (Å²) in [6.45, 7) is 2.12. The number of amides is 1. The Bertz CT molecular complexity index is 892. The largest absolute Gasteiger partial charge is 0.495 e. The number of carbonyl (C=O) groups excluding carboxylic acids is 1. The van der Waals surface area contributed by atoms with E-state index in [4.69, 9.17) is 4.74 Å². The van der Waals surface area contributed by atoms with Crippen LogP contribution in [0.3, 0.4) is 0 Å². The van der Waals surface area contributed by atoms with E-state index in [9.17, 15) is 4.79 Å². The van der Waals surface area contributed by atoms with Gasteiger partial charge in [0.05, 0.1) is 24.7 Å². The number of hydrogen-bond donors (Lipinski definition) is 2. The number of anilines is 3. The number of nitrogens with one attached hydrogen (secondary N) is 2. The Morgan fingerprint density at radius 2 is 1.73 bits per heavy atom. The minimum atomic E-state index is -0.282. The molecule has 2 aromatic carbocycles. The molecule has 0 unspecified atom stereocenters. The molecule has 132 valence electrons. The van der Waals surface area contributed by atoms with E-state index in [1.165, 1.54) is 5.56 Å². The maximum atomic E-state index is 12.4. The zero-order chi connectivity index (χ0) is 18.4. The van der Waals surface area contributed by atoms with Gasteiger partial charge in [0, 0.05) is 5.69 Å². The Morgan fingerprint density at radius 3 is 2.42 bits per heavy atom. The Morgan fingerprint density at radius 1 is 1.00 bits per heavy atom. The van der Waals surface area contributed by atoms with Crippen LogP contribution in [0.2, 0.25) is 0 Å². The number of benzene rings is 2. The summed E-state index contributed by atoms with van der Waals surface area (Å²) in [4.78, 5) is 16.7. The van der Waals surface area contributed by atoms with Crippen molar-refractivity contribution in [2.24, 2.45) is 0 Å². The molecule has 2 N–H and O–H groups in total. The molecule has 1 amide bonds. The van der Waals surface area contributed by atoms with Crippen molar-refractivity contribution in [3.05, 3.63) is 78.1 Å². The van der Waals surface area contributed by atoms with Gasteiger partial charge in [-0.1, -0.05) is 37.3 Å². The first-order valence-corrected chi connectivity index (χ1v) is 8.46. The zero-order valence-electron chi connectivity index (χ0n) is 14.8. The van der Waals surface area contributed by atoms with Gasteiger partial charge in [-0.2, -0.15) is 0 Å². The molecular formula is C21H21N3O2. The third-order valence-electron chi connectivity index (χ3n) is 4.03. The molecule has 0 aliphatic rings. The van der Waals surface area contributed by atoms with E-state index in [1.807, 2.05) is 36.4 Å². The number of aryl methyl sites for hydroxylation is 1. The maximum absolute atomic E-state index is 12.4. The average molecular weight is 347 g/mol. The van der Waals surface area contributed by atoms with Crippen molar-refractivity contribution in [2.75, 3.05) is 17.7 Å². The van der Waals surface area contributed by atoms with Crippen LogP contribution in [-0.2, 0) is 6.42 Å². The molecule has 0 bridgehead atoms.